The second-order valence-electron chi connectivity index (χ2n) is 5.43. The van der Waals surface area contributed by atoms with Crippen LogP contribution in [0.15, 0.2) is 29.2 Å². The molecular weight excluding hydrogens is 272 g/mol. The summed E-state index contributed by atoms with van der Waals surface area (Å²) in [4.78, 5) is 0.353. The van der Waals surface area contributed by atoms with Gasteiger partial charge in [0.25, 0.3) is 0 Å². The van der Waals surface area contributed by atoms with Crippen LogP contribution in [0.5, 0.6) is 0 Å². The minimum atomic E-state index is -3.41. The first kappa shape index (κ1) is 15.3. The van der Waals surface area contributed by atoms with Crippen LogP contribution in [0.2, 0.25) is 0 Å². The molecule has 0 amide bonds. The van der Waals surface area contributed by atoms with Crippen molar-refractivity contribution in [3.63, 3.8) is 0 Å². The Hall–Kier alpha value is -1.07. The molecule has 1 aromatic carbocycles. The van der Waals surface area contributed by atoms with Gasteiger partial charge in [0, 0.05) is 13.1 Å². The number of hydrogen-bond acceptors (Lipinski definition) is 3. The van der Waals surface area contributed by atoms with Gasteiger partial charge < -0.3 is 5.32 Å². The van der Waals surface area contributed by atoms with E-state index in [1.807, 2.05) is 19.1 Å². The molecule has 20 heavy (non-hydrogen) atoms. The third-order valence-electron chi connectivity index (χ3n) is 3.77. The van der Waals surface area contributed by atoms with Gasteiger partial charge in [-0.1, -0.05) is 31.9 Å². The quantitative estimate of drug-likeness (QED) is 0.813. The summed E-state index contributed by atoms with van der Waals surface area (Å²) in [5.41, 5.74) is 0.711. The summed E-state index contributed by atoms with van der Waals surface area (Å²) < 4.78 is 27.1. The molecule has 5 heteroatoms. The highest BCUT2D eigenvalue weighted by Crippen LogP contribution is 2.26. The molecule has 0 radical (unpaired) electrons. The van der Waals surface area contributed by atoms with E-state index >= 15 is 0 Å². The predicted octanol–water partition coefficient (Wildman–Crippen LogP) is 2.98. The van der Waals surface area contributed by atoms with Crippen molar-refractivity contribution >= 4 is 15.7 Å². The maximum Gasteiger partial charge on any atom is 0.242 e. The van der Waals surface area contributed by atoms with Gasteiger partial charge in [-0.3, -0.25) is 0 Å². The van der Waals surface area contributed by atoms with E-state index in [2.05, 4.69) is 10.0 Å². The van der Waals surface area contributed by atoms with Gasteiger partial charge in [-0.15, -0.1) is 0 Å². The van der Waals surface area contributed by atoms with Crippen molar-refractivity contribution in [2.45, 2.75) is 43.9 Å². The van der Waals surface area contributed by atoms with Crippen molar-refractivity contribution in [2.24, 2.45) is 5.92 Å². The van der Waals surface area contributed by atoms with Gasteiger partial charge in [0.05, 0.1) is 5.69 Å². The minimum Gasteiger partial charge on any atom is -0.384 e. The number of para-hydroxylation sites is 1. The first-order valence-corrected chi connectivity index (χ1v) is 8.94. The third-order valence-corrected chi connectivity index (χ3v) is 5.29. The van der Waals surface area contributed by atoms with Gasteiger partial charge in [0.15, 0.2) is 0 Å². The lowest BCUT2D eigenvalue weighted by Gasteiger charge is -2.15. The van der Waals surface area contributed by atoms with E-state index < -0.39 is 10.0 Å². The molecule has 2 N–H and O–H groups in total. The van der Waals surface area contributed by atoms with Crippen LogP contribution in [0.4, 0.5) is 5.69 Å². The standard InChI is InChI=1S/C15H24N2O2S/c1-2-11-17-20(18,19)15-10-6-5-9-14(15)16-12-13-7-3-4-8-13/h5-6,9-10,13,16-17H,2-4,7-8,11-12H2,1H3. The first-order valence-electron chi connectivity index (χ1n) is 7.46. The average Bonchev–Trinajstić information content (AvgIpc) is 2.96. The number of hydrogen-bond donors (Lipinski definition) is 2. The average molecular weight is 296 g/mol. The third kappa shape index (κ3) is 3.96. The molecule has 1 aromatic rings. The zero-order chi connectivity index (χ0) is 14.4. The Labute approximate surface area is 122 Å². The molecule has 0 atom stereocenters. The number of sulfonamides is 1. The highest BCUT2D eigenvalue weighted by Gasteiger charge is 2.19. The molecular formula is C15H24N2O2S. The van der Waals surface area contributed by atoms with Crippen molar-refractivity contribution in [3.8, 4) is 0 Å². The van der Waals surface area contributed by atoms with E-state index in [0.717, 1.165) is 13.0 Å². The Kier molecular flexibility index (Phi) is 5.43. The fourth-order valence-corrected chi connectivity index (χ4v) is 3.95. The molecule has 0 spiro atoms. The van der Waals surface area contributed by atoms with Crippen molar-refractivity contribution in [3.05, 3.63) is 24.3 Å². The molecule has 0 aliphatic heterocycles. The smallest absolute Gasteiger partial charge is 0.242 e. The van der Waals surface area contributed by atoms with Crippen LogP contribution in [0.3, 0.4) is 0 Å². The lowest BCUT2D eigenvalue weighted by molar-refractivity contribution is 0.574. The fourth-order valence-electron chi connectivity index (χ4n) is 2.63. The van der Waals surface area contributed by atoms with Crippen LogP contribution in [-0.4, -0.2) is 21.5 Å². The molecule has 0 saturated heterocycles. The van der Waals surface area contributed by atoms with Crippen molar-refractivity contribution in [1.82, 2.24) is 4.72 Å². The fraction of sp³-hybridized carbons (Fsp3) is 0.600. The molecule has 1 fully saturated rings. The second kappa shape index (κ2) is 7.09. The molecule has 0 aromatic heterocycles. The Morgan fingerprint density at radius 1 is 1.20 bits per heavy atom. The SMILES string of the molecule is CCCNS(=O)(=O)c1ccccc1NCC1CCCC1. The van der Waals surface area contributed by atoms with Crippen molar-refractivity contribution in [1.29, 1.82) is 0 Å². The van der Waals surface area contributed by atoms with Gasteiger partial charge in [0.2, 0.25) is 10.0 Å². The van der Waals surface area contributed by atoms with Gasteiger partial charge >= 0.3 is 0 Å². The lowest BCUT2D eigenvalue weighted by atomic mass is 10.1. The van der Waals surface area contributed by atoms with E-state index in [1.165, 1.54) is 25.7 Å². The summed E-state index contributed by atoms with van der Waals surface area (Å²) in [5, 5.41) is 3.32. The molecule has 112 valence electrons. The zero-order valence-electron chi connectivity index (χ0n) is 12.1. The number of rotatable bonds is 7. The second-order valence-corrected chi connectivity index (χ2v) is 7.16. The van der Waals surface area contributed by atoms with Crippen molar-refractivity contribution in [2.75, 3.05) is 18.4 Å². The topological polar surface area (TPSA) is 58.2 Å². The summed E-state index contributed by atoms with van der Waals surface area (Å²) in [6, 6.07) is 7.14. The normalized spacial score (nSPS) is 16.4. The summed E-state index contributed by atoms with van der Waals surface area (Å²) >= 11 is 0. The van der Waals surface area contributed by atoms with Crippen LogP contribution >= 0.6 is 0 Å². The van der Waals surface area contributed by atoms with Crippen LogP contribution in [0, 0.1) is 5.92 Å². The molecule has 2 rings (SSSR count). The van der Waals surface area contributed by atoms with Gasteiger partial charge in [-0.25, -0.2) is 13.1 Å². The maximum atomic E-state index is 12.3. The molecule has 1 aliphatic carbocycles. The lowest BCUT2D eigenvalue weighted by Crippen LogP contribution is -2.25. The van der Waals surface area contributed by atoms with Gasteiger partial charge in [-0.05, 0) is 37.3 Å². The Balaban J connectivity index is 2.08. The van der Waals surface area contributed by atoms with Crippen molar-refractivity contribution < 1.29 is 8.42 Å². The van der Waals surface area contributed by atoms with E-state index in [9.17, 15) is 8.42 Å². The van der Waals surface area contributed by atoms with Crippen LogP contribution in [0.25, 0.3) is 0 Å². The summed E-state index contributed by atoms with van der Waals surface area (Å²) in [6.45, 7) is 3.28. The minimum absolute atomic E-state index is 0.353. The zero-order valence-corrected chi connectivity index (χ0v) is 12.9. The monoisotopic (exact) mass is 296 g/mol. The van der Waals surface area contributed by atoms with Gasteiger partial charge in [-0.2, -0.15) is 0 Å². The van der Waals surface area contributed by atoms with E-state index in [-0.39, 0.29) is 0 Å². The van der Waals surface area contributed by atoms with Crippen LogP contribution in [0.1, 0.15) is 39.0 Å². The highest BCUT2D eigenvalue weighted by atomic mass is 32.2. The molecule has 0 unspecified atom stereocenters. The molecule has 1 aliphatic rings. The van der Waals surface area contributed by atoms with E-state index in [0.29, 0.717) is 23.0 Å². The summed E-state index contributed by atoms with van der Waals surface area (Å²) in [6.07, 6.45) is 5.87. The highest BCUT2D eigenvalue weighted by molar-refractivity contribution is 7.89. The largest absolute Gasteiger partial charge is 0.384 e. The molecule has 4 nitrogen and oxygen atoms in total. The molecule has 0 heterocycles. The number of benzene rings is 1. The van der Waals surface area contributed by atoms with E-state index in [1.54, 1.807) is 12.1 Å². The van der Waals surface area contributed by atoms with Crippen LogP contribution < -0.4 is 10.0 Å². The molecule has 1 saturated carbocycles. The van der Waals surface area contributed by atoms with E-state index in [4.69, 9.17) is 0 Å². The van der Waals surface area contributed by atoms with Gasteiger partial charge in [0.1, 0.15) is 4.90 Å². The Morgan fingerprint density at radius 2 is 1.90 bits per heavy atom. The van der Waals surface area contributed by atoms with Crippen LogP contribution in [-0.2, 0) is 10.0 Å². The number of anilines is 1. The number of nitrogens with one attached hydrogen (secondary N) is 2. The maximum absolute atomic E-state index is 12.3. The predicted molar refractivity (Wildman–Crippen MR) is 82.4 cm³/mol. The Bertz CT molecular complexity index is 522. The summed E-state index contributed by atoms with van der Waals surface area (Å²) in [5.74, 6) is 0.675. The summed E-state index contributed by atoms with van der Waals surface area (Å²) in [7, 11) is -3.41. The first-order chi connectivity index (χ1) is 9.63. The molecule has 0 bridgehead atoms. The Morgan fingerprint density at radius 3 is 2.60 bits per heavy atom.